The minimum absolute atomic E-state index is 0.0955. The van der Waals surface area contributed by atoms with E-state index in [1.54, 1.807) is 12.1 Å². The minimum Gasteiger partial charge on any atom is -0.490 e. The largest absolute Gasteiger partial charge is 0.490 e. The van der Waals surface area contributed by atoms with Crippen molar-refractivity contribution < 1.29 is 27.4 Å². The molecule has 11 heteroatoms. The molecule has 2 rings (SSSR count). The third-order valence-corrected chi connectivity index (χ3v) is 4.68. The third-order valence-electron chi connectivity index (χ3n) is 3.81. The number of unbranched alkanes of at least 4 members (excludes halogenated alkanes) is 2. The van der Waals surface area contributed by atoms with Crippen molar-refractivity contribution in [1.82, 2.24) is 4.98 Å². The monoisotopic (exact) mass is 517 g/mol. The molecule has 0 unspecified atom stereocenters. The Balaban J connectivity index is 1.68. The van der Waals surface area contributed by atoms with Crippen molar-refractivity contribution in [2.24, 2.45) is 0 Å². The summed E-state index contributed by atoms with van der Waals surface area (Å²) in [6, 6.07) is 5.28. The maximum Gasteiger partial charge on any atom is 0.417 e. The average Bonchev–Trinajstić information content (AvgIpc) is 2.68. The molecule has 0 spiro atoms. The molecule has 2 aromatic rings. The highest BCUT2D eigenvalue weighted by molar-refractivity contribution is 6.55. The first-order valence-corrected chi connectivity index (χ1v) is 10.6. The van der Waals surface area contributed by atoms with Crippen LogP contribution in [-0.2, 0) is 6.18 Å². The van der Waals surface area contributed by atoms with Crippen molar-refractivity contribution >= 4 is 46.4 Å². The van der Waals surface area contributed by atoms with Crippen LogP contribution in [0.25, 0.3) is 0 Å². The predicted octanol–water partition coefficient (Wildman–Crippen LogP) is 7.73. The average molecular weight is 519 g/mol. The van der Waals surface area contributed by atoms with Gasteiger partial charge in [-0.15, -0.1) is 0 Å². The van der Waals surface area contributed by atoms with Gasteiger partial charge in [-0.1, -0.05) is 46.4 Å². The first-order valence-electron chi connectivity index (χ1n) is 9.08. The van der Waals surface area contributed by atoms with Gasteiger partial charge >= 0.3 is 6.18 Å². The molecule has 0 radical (unpaired) electrons. The van der Waals surface area contributed by atoms with Gasteiger partial charge in [0, 0.05) is 24.4 Å². The second kappa shape index (κ2) is 12.5. The molecule has 0 bridgehead atoms. The highest BCUT2D eigenvalue weighted by atomic mass is 35.5. The number of ether oxygens (including phenoxy) is 3. The van der Waals surface area contributed by atoms with Crippen molar-refractivity contribution in [2.45, 2.75) is 25.4 Å². The molecule has 170 valence electrons. The lowest BCUT2D eigenvalue weighted by Crippen LogP contribution is -2.06. The summed E-state index contributed by atoms with van der Waals surface area (Å²) >= 11 is 23.4. The summed E-state index contributed by atoms with van der Waals surface area (Å²) in [5.41, 5.74) is -0.814. The van der Waals surface area contributed by atoms with Crippen LogP contribution in [0.15, 0.2) is 41.0 Å². The van der Waals surface area contributed by atoms with Crippen LogP contribution in [0.4, 0.5) is 13.2 Å². The number of alkyl halides is 3. The van der Waals surface area contributed by atoms with Gasteiger partial charge in [-0.25, -0.2) is 4.98 Å². The Labute approximate surface area is 197 Å². The van der Waals surface area contributed by atoms with E-state index < -0.39 is 11.7 Å². The van der Waals surface area contributed by atoms with Gasteiger partial charge in [0.25, 0.3) is 0 Å². The van der Waals surface area contributed by atoms with Crippen LogP contribution >= 0.6 is 46.4 Å². The smallest absolute Gasteiger partial charge is 0.417 e. The lowest BCUT2D eigenvalue weighted by molar-refractivity contribution is -0.137. The Kier molecular flexibility index (Phi) is 10.4. The minimum atomic E-state index is -4.42. The molecule has 4 nitrogen and oxygen atoms in total. The number of rotatable bonds is 11. The quantitative estimate of drug-likeness (QED) is 0.285. The molecule has 0 amide bonds. The molecular weight excluding hydrogens is 501 g/mol. The molecule has 0 saturated heterocycles. The SMILES string of the molecule is FC(F)(F)c1ccc(OCCCCCOc2c(Cl)cc(OCC=C(Cl)Cl)cc2Cl)nc1. The summed E-state index contributed by atoms with van der Waals surface area (Å²) in [6.07, 6.45) is -0.0444. The molecule has 0 aliphatic rings. The van der Waals surface area contributed by atoms with Crippen LogP contribution in [0, 0.1) is 0 Å². The zero-order valence-corrected chi connectivity index (χ0v) is 19.0. The predicted molar refractivity (Wildman–Crippen MR) is 116 cm³/mol. The van der Waals surface area contributed by atoms with Gasteiger partial charge in [0.1, 0.15) is 16.8 Å². The second-order valence-corrected chi connectivity index (χ2v) is 7.98. The molecule has 1 aromatic heterocycles. The Morgan fingerprint density at radius 3 is 2.13 bits per heavy atom. The van der Waals surface area contributed by atoms with E-state index >= 15 is 0 Å². The molecular formula is C20H18Cl4F3NO3. The first kappa shape index (κ1) is 25.7. The number of hydrogen-bond donors (Lipinski definition) is 0. The van der Waals surface area contributed by atoms with Crippen LogP contribution in [0.1, 0.15) is 24.8 Å². The number of pyridine rings is 1. The van der Waals surface area contributed by atoms with Crippen molar-refractivity contribution in [3.63, 3.8) is 0 Å². The van der Waals surface area contributed by atoms with E-state index in [0.29, 0.717) is 47.6 Å². The summed E-state index contributed by atoms with van der Waals surface area (Å²) in [5, 5.41) is 0.611. The van der Waals surface area contributed by atoms with E-state index in [-0.39, 0.29) is 17.0 Å². The summed E-state index contributed by atoms with van der Waals surface area (Å²) in [6.45, 7) is 0.870. The molecule has 0 fully saturated rings. The Bertz CT molecular complexity index is 850. The number of aromatic nitrogens is 1. The fourth-order valence-corrected chi connectivity index (χ4v) is 3.03. The molecule has 31 heavy (non-hydrogen) atoms. The Morgan fingerprint density at radius 2 is 1.58 bits per heavy atom. The zero-order valence-electron chi connectivity index (χ0n) is 16.0. The van der Waals surface area contributed by atoms with Gasteiger partial charge in [0.05, 0.1) is 28.8 Å². The summed E-state index contributed by atoms with van der Waals surface area (Å²) < 4.78 is 54.0. The van der Waals surface area contributed by atoms with Gasteiger partial charge in [0.15, 0.2) is 5.75 Å². The molecule has 0 N–H and O–H groups in total. The Morgan fingerprint density at radius 1 is 0.935 bits per heavy atom. The first-order chi connectivity index (χ1) is 14.7. The highest BCUT2D eigenvalue weighted by Gasteiger charge is 2.30. The number of benzene rings is 1. The van der Waals surface area contributed by atoms with Gasteiger partial charge in [-0.2, -0.15) is 13.2 Å². The number of hydrogen-bond acceptors (Lipinski definition) is 4. The topological polar surface area (TPSA) is 40.6 Å². The molecule has 0 atom stereocenters. The van der Waals surface area contributed by atoms with Gasteiger partial charge < -0.3 is 14.2 Å². The lowest BCUT2D eigenvalue weighted by Gasteiger charge is -2.12. The summed E-state index contributed by atoms with van der Waals surface area (Å²) in [4.78, 5) is 3.65. The number of halogens is 7. The normalized spacial score (nSPS) is 11.2. The van der Waals surface area contributed by atoms with Gasteiger partial charge in [0.2, 0.25) is 5.88 Å². The molecule has 0 aliphatic heterocycles. The van der Waals surface area contributed by atoms with Crippen molar-refractivity contribution in [3.05, 3.63) is 56.6 Å². The zero-order chi connectivity index (χ0) is 22.9. The van der Waals surface area contributed by atoms with Crippen molar-refractivity contribution in [3.8, 4) is 17.4 Å². The molecule has 0 saturated carbocycles. The van der Waals surface area contributed by atoms with Gasteiger partial charge in [-0.3, -0.25) is 0 Å². The van der Waals surface area contributed by atoms with Crippen LogP contribution in [0.2, 0.25) is 10.0 Å². The fourth-order valence-electron chi connectivity index (χ4n) is 2.32. The van der Waals surface area contributed by atoms with Gasteiger partial charge in [-0.05, 0) is 31.4 Å². The standard InChI is InChI=1S/C20H18Cl4F3NO3/c21-15-10-14(29-9-6-17(23)24)11-16(22)19(15)31-8-3-1-2-7-30-18-5-4-13(12-28-18)20(25,26)27/h4-6,10-12H,1-3,7-9H2. The van der Waals surface area contributed by atoms with E-state index in [1.807, 2.05) is 0 Å². The van der Waals surface area contributed by atoms with E-state index in [0.717, 1.165) is 18.7 Å². The Hall–Kier alpha value is -1.54. The van der Waals surface area contributed by atoms with Crippen LogP contribution in [0.5, 0.6) is 17.4 Å². The molecule has 1 aromatic carbocycles. The number of nitrogens with zero attached hydrogens (tertiary/aromatic N) is 1. The lowest BCUT2D eigenvalue weighted by atomic mass is 10.2. The van der Waals surface area contributed by atoms with E-state index in [9.17, 15) is 13.2 Å². The summed E-state index contributed by atoms with van der Waals surface area (Å²) in [7, 11) is 0. The molecule has 0 aliphatic carbocycles. The third kappa shape index (κ3) is 9.23. The van der Waals surface area contributed by atoms with Crippen LogP contribution in [-0.4, -0.2) is 24.8 Å². The van der Waals surface area contributed by atoms with Crippen molar-refractivity contribution in [2.75, 3.05) is 19.8 Å². The molecule has 1 heterocycles. The van der Waals surface area contributed by atoms with Crippen LogP contribution in [0.3, 0.4) is 0 Å². The maximum absolute atomic E-state index is 12.5. The van der Waals surface area contributed by atoms with E-state index in [1.165, 1.54) is 12.1 Å². The van der Waals surface area contributed by atoms with Crippen LogP contribution < -0.4 is 14.2 Å². The van der Waals surface area contributed by atoms with Crippen molar-refractivity contribution in [1.29, 1.82) is 0 Å². The fraction of sp³-hybridized carbons (Fsp3) is 0.350. The second-order valence-electron chi connectivity index (χ2n) is 6.16. The summed E-state index contributed by atoms with van der Waals surface area (Å²) in [5.74, 6) is 0.947. The highest BCUT2D eigenvalue weighted by Crippen LogP contribution is 2.37. The van der Waals surface area contributed by atoms with E-state index in [2.05, 4.69) is 4.98 Å². The maximum atomic E-state index is 12.5. The van der Waals surface area contributed by atoms with E-state index in [4.69, 9.17) is 60.6 Å².